The van der Waals surface area contributed by atoms with Crippen LogP contribution in [0.2, 0.25) is 0 Å². The van der Waals surface area contributed by atoms with Gasteiger partial charge in [-0.05, 0) is 30.5 Å². The van der Waals surface area contributed by atoms with Gasteiger partial charge in [0.25, 0.3) is 0 Å². The highest BCUT2D eigenvalue weighted by molar-refractivity contribution is 5.63. The van der Waals surface area contributed by atoms with Crippen molar-refractivity contribution >= 4 is 5.82 Å². The number of likely N-dealkylation sites (tertiary alicyclic amines) is 1. The minimum Gasteiger partial charge on any atom is -0.339 e. The Labute approximate surface area is 125 Å². The van der Waals surface area contributed by atoms with Gasteiger partial charge in [0.15, 0.2) is 6.19 Å². The van der Waals surface area contributed by atoms with Crippen LogP contribution in [0.25, 0.3) is 11.1 Å². The van der Waals surface area contributed by atoms with Crippen molar-refractivity contribution in [1.29, 1.82) is 5.26 Å². The van der Waals surface area contributed by atoms with Crippen LogP contribution < -0.4 is 4.90 Å². The maximum atomic E-state index is 9.15. The van der Waals surface area contributed by atoms with E-state index in [-0.39, 0.29) is 6.17 Å². The van der Waals surface area contributed by atoms with Crippen LogP contribution in [0.15, 0.2) is 48.7 Å². The predicted octanol–water partition coefficient (Wildman–Crippen LogP) is 3.09. The molecule has 0 N–H and O–H groups in total. The molecule has 106 valence electrons. The molecule has 1 aliphatic rings. The first kappa shape index (κ1) is 13.4. The van der Waals surface area contributed by atoms with Gasteiger partial charge in [0, 0.05) is 25.4 Å². The number of aromatic nitrogens is 1. The molecule has 1 unspecified atom stereocenters. The van der Waals surface area contributed by atoms with Crippen molar-refractivity contribution in [1.82, 2.24) is 9.88 Å². The van der Waals surface area contributed by atoms with E-state index < -0.39 is 0 Å². The number of benzene rings is 1. The fraction of sp³-hybridized carbons (Fsp3) is 0.294. The lowest BCUT2D eigenvalue weighted by Crippen LogP contribution is -2.40. The Morgan fingerprint density at radius 2 is 2.00 bits per heavy atom. The molecule has 1 saturated heterocycles. The lowest BCUT2D eigenvalue weighted by Gasteiger charge is -2.29. The fourth-order valence-electron chi connectivity index (χ4n) is 2.82. The number of hydrogen-bond donors (Lipinski definition) is 0. The van der Waals surface area contributed by atoms with Crippen molar-refractivity contribution in [3.8, 4) is 17.3 Å². The number of hydrogen-bond acceptors (Lipinski definition) is 4. The Balaban J connectivity index is 1.80. The zero-order chi connectivity index (χ0) is 14.7. The lowest BCUT2D eigenvalue weighted by atomic mass is 10.1. The molecule has 0 radical (unpaired) electrons. The van der Waals surface area contributed by atoms with E-state index in [1.54, 1.807) is 0 Å². The summed E-state index contributed by atoms with van der Waals surface area (Å²) in [5, 5.41) is 9.15. The smallest absolute Gasteiger partial charge is 0.181 e. The number of rotatable bonds is 3. The molecule has 0 aliphatic carbocycles. The van der Waals surface area contributed by atoms with E-state index in [0.717, 1.165) is 30.8 Å². The van der Waals surface area contributed by atoms with E-state index in [1.807, 2.05) is 42.4 Å². The number of pyridine rings is 1. The quantitative estimate of drug-likeness (QED) is 0.809. The zero-order valence-corrected chi connectivity index (χ0v) is 12.1. The molecule has 1 aliphatic heterocycles. The van der Waals surface area contributed by atoms with Crippen LogP contribution in [-0.4, -0.2) is 29.6 Å². The predicted molar refractivity (Wildman–Crippen MR) is 83.4 cm³/mol. The van der Waals surface area contributed by atoms with Crippen LogP contribution in [0.4, 0.5) is 5.82 Å². The third kappa shape index (κ3) is 2.68. The summed E-state index contributed by atoms with van der Waals surface area (Å²) in [6, 6.07) is 14.3. The Hall–Kier alpha value is -2.54. The van der Waals surface area contributed by atoms with Gasteiger partial charge in [-0.2, -0.15) is 5.26 Å². The maximum absolute atomic E-state index is 9.15. The minimum atomic E-state index is 0.130. The summed E-state index contributed by atoms with van der Waals surface area (Å²) in [6.07, 6.45) is 6.36. The van der Waals surface area contributed by atoms with Crippen molar-refractivity contribution in [3.63, 3.8) is 0 Å². The second-order valence-electron chi connectivity index (χ2n) is 5.30. The molecule has 21 heavy (non-hydrogen) atoms. The molecule has 0 spiro atoms. The monoisotopic (exact) mass is 278 g/mol. The molecular weight excluding hydrogens is 260 g/mol. The SMILES string of the molecule is CN(c1ccc(-c2ccccc2)cn1)C1CCCN1C#N. The summed E-state index contributed by atoms with van der Waals surface area (Å²) in [7, 11) is 2.00. The van der Waals surface area contributed by atoms with Gasteiger partial charge in [-0.15, -0.1) is 0 Å². The van der Waals surface area contributed by atoms with Gasteiger partial charge in [0.05, 0.1) is 0 Å². The molecule has 0 amide bonds. The molecule has 4 heteroatoms. The van der Waals surface area contributed by atoms with E-state index in [9.17, 15) is 0 Å². The van der Waals surface area contributed by atoms with Gasteiger partial charge in [-0.1, -0.05) is 30.3 Å². The molecule has 3 rings (SSSR count). The second-order valence-corrected chi connectivity index (χ2v) is 5.30. The summed E-state index contributed by atoms with van der Waals surface area (Å²) >= 11 is 0. The molecule has 1 atom stereocenters. The first-order valence-electron chi connectivity index (χ1n) is 7.20. The Morgan fingerprint density at radius 1 is 1.19 bits per heavy atom. The van der Waals surface area contributed by atoms with E-state index in [0.29, 0.717) is 0 Å². The molecule has 1 fully saturated rings. The summed E-state index contributed by atoms with van der Waals surface area (Å²) in [6.45, 7) is 0.841. The standard InChI is InChI=1S/C17H18N4/c1-20(17-8-5-11-21(17)13-18)16-10-9-15(12-19-16)14-6-3-2-4-7-14/h2-4,6-7,9-10,12,17H,5,8,11H2,1H3. The number of nitriles is 1. The maximum Gasteiger partial charge on any atom is 0.181 e. The van der Waals surface area contributed by atoms with Crippen LogP contribution in [0.1, 0.15) is 12.8 Å². The van der Waals surface area contributed by atoms with E-state index in [4.69, 9.17) is 5.26 Å². The molecule has 2 aromatic rings. The van der Waals surface area contributed by atoms with Crippen molar-refractivity contribution < 1.29 is 0 Å². The van der Waals surface area contributed by atoms with Crippen molar-refractivity contribution in [2.24, 2.45) is 0 Å². The van der Waals surface area contributed by atoms with Crippen LogP contribution in [0.3, 0.4) is 0 Å². The molecule has 4 nitrogen and oxygen atoms in total. The third-order valence-electron chi connectivity index (χ3n) is 4.01. The van der Waals surface area contributed by atoms with E-state index in [1.165, 1.54) is 5.56 Å². The van der Waals surface area contributed by atoms with E-state index >= 15 is 0 Å². The summed E-state index contributed by atoms with van der Waals surface area (Å²) in [5.74, 6) is 0.904. The Morgan fingerprint density at radius 3 is 2.67 bits per heavy atom. The topological polar surface area (TPSA) is 43.2 Å². The van der Waals surface area contributed by atoms with Crippen LogP contribution in [-0.2, 0) is 0 Å². The molecule has 1 aromatic heterocycles. The van der Waals surface area contributed by atoms with Gasteiger partial charge >= 0.3 is 0 Å². The highest BCUT2D eigenvalue weighted by atomic mass is 15.4. The molecule has 0 saturated carbocycles. The lowest BCUT2D eigenvalue weighted by molar-refractivity contribution is 0.359. The number of anilines is 1. The minimum absolute atomic E-state index is 0.130. The van der Waals surface area contributed by atoms with Crippen molar-refractivity contribution in [3.05, 3.63) is 48.7 Å². The first-order chi connectivity index (χ1) is 10.3. The normalized spacial score (nSPS) is 17.5. The molecule has 1 aromatic carbocycles. The van der Waals surface area contributed by atoms with Crippen LogP contribution in [0.5, 0.6) is 0 Å². The molecule has 2 heterocycles. The van der Waals surface area contributed by atoms with Gasteiger partial charge < -0.3 is 4.90 Å². The summed E-state index contributed by atoms with van der Waals surface area (Å²) in [4.78, 5) is 8.47. The van der Waals surface area contributed by atoms with Crippen LogP contribution >= 0.6 is 0 Å². The number of nitrogens with zero attached hydrogens (tertiary/aromatic N) is 4. The van der Waals surface area contributed by atoms with Gasteiger partial charge in [-0.25, -0.2) is 4.98 Å². The van der Waals surface area contributed by atoms with Crippen molar-refractivity contribution in [2.75, 3.05) is 18.5 Å². The third-order valence-corrected chi connectivity index (χ3v) is 4.01. The highest BCUT2D eigenvalue weighted by Crippen LogP contribution is 2.25. The van der Waals surface area contributed by atoms with Crippen molar-refractivity contribution in [2.45, 2.75) is 19.0 Å². The van der Waals surface area contributed by atoms with Crippen LogP contribution in [0, 0.1) is 11.5 Å². The Kier molecular flexibility index (Phi) is 3.74. The Bertz CT molecular complexity index is 630. The summed E-state index contributed by atoms with van der Waals surface area (Å²) in [5.41, 5.74) is 2.27. The zero-order valence-electron chi connectivity index (χ0n) is 12.1. The highest BCUT2D eigenvalue weighted by Gasteiger charge is 2.27. The average molecular weight is 278 g/mol. The largest absolute Gasteiger partial charge is 0.339 e. The second kappa shape index (κ2) is 5.84. The van der Waals surface area contributed by atoms with Gasteiger partial charge in [0.2, 0.25) is 0 Å². The van der Waals surface area contributed by atoms with Gasteiger partial charge in [-0.3, -0.25) is 4.90 Å². The van der Waals surface area contributed by atoms with Gasteiger partial charge in [0.1, 0.15) is 12.0 Å². The van der Waals surface area contributed by atoms with E-state index in [2.05, 4.69) is 34.3 Å². The average Bonchev–Trinajstić information content (AvgIpc) is 3.04. The summed E-state index contributed by atoms with van der Waals surface area (Å²) < 4.78 is 0. The first-order valence-corrected chi connectivity index (χ1v) is 7.20. The molecule has 0 bridgehead atoms. The molecular formula is C17H18N4. The fourth-order valence-corrected chi connectivity index (χ4v) is 2.82.